The minimum atomic E-state index is 0.678. The van der Waals surface area contributed by atoms with Gasteiger partial charge < -0.3 is 0 Å². The van der Waals surface area contributed by atoms with Gasteiger partial charge in [0.05, 0.1) is 0 Å². The Hall–Kier alpha value is -1.38. The van der Waals surface area contributed by atoms with Gasteiger partial charge in [-0.05, 0) is 13.3 Å². The van der Waals surface area contributed by atoms with Crippen molar-refractivity contribution in [3.05, 3.63) is 30.4 Å². The predicted octanol–water partition coefficient (Wildman–Crippen LogP) is 2.09. The first-order chi connectivity index (χ1) is 5.74. The molecule has 0 saturated carbocycles. The molecule has 0 atom stereocenters. The molecule has 0 aromatic carbocycles. The van der Waals surface area contributed by atoms with Crippen LogP contribution in [0, 0.1) is 6.92 Å². The molecule has 1 heterocycles. The first kappa shape index (κ1) is 8.71. The van der Waals surface area contributed by atoms with E-state index in [9.17, 15) is 0 Å². The Kier molecular flexibility index (Phi) is 2.80. The molecular weight excluding hydrogens is 150 g/mol. The summed E-state index contributed by atoms with van der Waals surface area (Å²) in [5, 5.41) is 6.75. The van der Waals surface area contributed by atoms with Crippen LogP contribution >= 0.6 is 0 Å². The van der Waals surface area contributed by atoms with Crippen molar-refractivity contribution in [1.82, 2.24) is 15.2 Å². The number of aryl methyl sites for hydroxylation is 1. The summed E-state index contributed by atoms with van der Waals surface area (Å²) in [5.41, 5.74) is 0.848. The lowest BCUT2D eigenvalue weighted by atomic mass is 10.2. The highest BCUT2D eigenvalue weighted by molar-refractivity contribution is 5.66. The molecule has 0 saturated heterocycles. The number of rotatable bonds is 3. The van der Waals surface area contributed by atoms with Crippen molar-refractivity contribution in [2.75, 3.05) is 0 Å². The zero-order valence-electron chi connectivity index (χ0n) is 7.46. The summed E-state index contributed by atoms with van der Waals surface area (Å²) in [6.07, 6.45) is 4.97. The van der Waals surface area contributed by atoms with Crippen molar-refractivity contribution in [3.8, 4) is 0 Å². The number of nitrogens with zero attached hydrogens (tertiary/aromatic N) is 2. The molecular formula is C9H13N3. The van der Waals surface area contributed by atoms with Crippen LogP contribution in [0.4, 0.5) is 0 Å². The van der Waals surface area contributed by atoms with E-state index < -0.39 is 0 Å². The normalized spacial score (nSPS) is 10.8. The number of hydrogen-bond acceptors (Lipinski definition) is 2. The molecule has 12 heavy (non-hydrogen) atoms. The molecule has 0 fully saturated rings. The van der Waals surface area contributed by atoms with Crippen molar-refractivity contribution < 1.29 is 0 Å². The zero-order chi connectivity index (χ0) is 8.97. The highest BCUT2D eigenvalue weighted by Crippen LogP contribution is 2.07. The first-order valence-corrected chi connectivity index (χ1v) is 3.99. The standard InChI is InChI=1S/C9H13N3/c1-4-5-6-7(2)9-10-8(3)11-12-9/h5-6H,2,4H2,1,3H3,(H,10,11,12). The van der Waals surface area contributed by atoms with E-state index in [1.54, 1.807) is 0 Å². The molecule has 1 aromatic heterocycles. The largest absolute Gasteiger partial charge is 0.263 e. The van der Waals surface area contributed by atoms with Crippen LogP contribution < -0.4 is 0 Å². The zero-order valence-corrected chi connectivity index (χ0v) is 7.46. The number of H-pyrrole nitrogens is 1. The van der Waals surface area contributed by atoms with E-state index in [4.69, 9.17) is 0 Å². The molecule has 0 aliphatic rings. The van der Waals surface area contributed by atoms with E-state index in [-0.39, 0.29) is 0 Å². The molecule has 0 bridgehead atoms. The minimum absolute atomic E-state index is 0.678. The third-order valence-electron chi connectivity index (χ3n) is 1.44. The second kappa shape index (κ2) is 3.85. The lowest BCUT2D eigenvalue weighted by molar-refractivity contribution is 1.03. The fraction of sp³-hybridized carbons (Fsp3) is 0.333. The topological polar surface area (TPSA) is 41.6 Å². The van der Waals surface area contributed by atoms with Gasteiger partial charge in [-0.15, -0.1) is 0 Å². The molecule has 0 spiro atoms. The van der Waals surface area contributed by atoms with E-state index in [0.29, 0.717) is 5.82 Å². The van der Waals surface area contributed by atoms with Gasteiger partial charge in [-0.3, -0.25) is 5.10 Å². The smallest absolute Gasteiger partial charge is 0.180 e. The van der Waals surface area contributed by atoms with Gasteiger partial charge in [-0.1, -0.05) is 25.7 Å². The highest BCUT2D eigenvalue weighted by atomic mass is 15.2. The summed E-state index contributed by atoms with van der Waals surface area (Å²) in [4.78, 5) is 4.15. The molecule has 0 amide bonds. The maximum absolute atomic E-state index is 4.15. The Labute approximate surface area is 72.2 Å². The number of hydrogen-bond donors (Lipinski definition) is 1. The average molecular weight is 163 g/mol. The summed E-state index contributed by atoms with van der Waals surface area (Å²) in [6, 6.07) is 0. The minimum Gasteiger partial charge on any atom is -0.263 e. The fourth-order valence-electron chi connectivity index (χ4n) is 0.821. The molecule has 0 radical (unpaired) electrons. The van der Waals surface area contributed by atoms with Gasteiger partial charge in [0.2, 0.25) is 0 Å². The molecule has 3 heteroatoms. The summed E-state index contributed by atoms with van der Waals surface area (Å²) in [7, 11) is 0. The van der Waals surface area contributed by atoms with Gasteiger partial charge in [-0.25, -0.2) is 4.98 Å². The van der Waals surface area contributed by atoms with E-state index in [0.717, 1.165) is 17.8 Å². The number of nitrogens with one attached hydrogen (secondary N) is 1. The average Bonchev–Trinajstić information content (AvgIpc) is 2.47. The first-order valence-electron chi connectivity index (χ1n) is 3.99. The lowest BCUT2D eigenvalue weighted by Crippen LogP contribution is -1.81. The molecule has 0 aliphatic heterocycles. The molecule has 0 unspecified atom stereocenters. The van der Waals surface area contributed by atoms with Gasteiger partial charge in [-0.2, -0.15) is 5.10 Å². The van der Waals surface area contributed by atoms with E-state index >= 15 is 0 Å². The monoisotopic (exact) mass is 163 g/mol. The maximum atomic E-state index is 4.15. The van der Waals surface area contributed by atoms with Gasteiger partial charge in [0, 0.05) is 5.57 Å². The summed E-state index contributed by atoms with van der Waals surface area (Å²) < 4.78 is 0. The van der Waals surface area contributed by atoms with E-state index in [1.165, 1.54) is 0 Å². The van der Waals surface area contributed by atoms with Crippen molar-refractivity contribution in [3.63, 3.8) is 0 Å². The Morgan fingerprint density at radius 2 is 2.42 bits per heavy atom. The third-order valence-corrected chi connectivity index (χ3v) is 1.44. The van der Waals surface area contributed by atoms with Crippen molar-refractivity contribution in [2.45, 2.75) is 20.3 Å². The summed E-state index contributed by atoms with van der Waals surface area (Å²) in [6.45, 7) is 7.79. The van der Waals surface area contributed by atoms with Crippen LogP contribution in [0.1, 0.15) is 25.0 Å². The highest BCUT2D eigenvalue weighted by Gasteiger charge is 1.99. The molecule has 0 aliphatic carbocycles. The molecule has 64 valence electrons. The summed E-state index contributed by atoms with van der Waals surface area (Å²) in [5.74, 6) is 1.49. The van der Waals surface area contributed by atoms with Crippen LogP contribution in [-0.4, -0.2) is 15.2 Å². The molecule has 1 rings (SSSR count). The SMILES string of the molecule is C=C(C=CCC)c1n[nH]c(C)n1. The lowest BCUT2D eigenvalue weighted by Gasteiger charge is -1.89. The van der Waals surface area contributed by atoms with E-state index in [1.807, 2.05) is 19.1 Å². The van der Waals surface area contributed by atoms with Crippen molar-refractivity contribution in [1.29, 1.82) is 0 Å². The van der Waals surface area contributed by atoms with Crippen LogP contribution in [0.2, 0.25) is 0 Å². The van der Waals surface area contributed by atoms with Crippen LogP contribution in [0.3, 0.4) is 0 Å². The molecule has 1 N–H and O–H groups in total. The summed E-state index contributed by atoms with van der Waals surface area (Å²) >= 11 is 0. The third kappa shape index (κ3) is 2.05. The number of aromatic amines is 1. The Morgan fingerprint density at radius 1 is 1.67 bits per heavy atom. The van der Waals surface area contributed by atoms with Gasteiger partial charge in [0.25, 0.3) is 0 Å². The van der Waals surface area contributed by atoms with Gasteiger partial charge >= 0.3 is 0 Å². The molecule has 3 nitrogen and oxygen atoms in total. The van der Waals surface area contributed by atoms with E-state index in [2.05, 4.69) is 28.7 Å². The van der Waals surface area contributed by atoms with Crippen LogP contribution in [-0.2, 0) is 0 Å². The Bertz CT molecular complexity index is 296. The molecule has 1 aromatic rings. The van der Waals surface area contributed by atoms with Crippen LogP contribution in [0.25, 0.3) is 5.57 Å². The van der Waals surface area contributed by atoms with Gasteiger partial charge in [0.1, 0.15) is 5.82 Å². The van der Waals surface area contributed by atoms with Crippen LogP contribution in [0.5, 0.6) is 0 Å². The predicted molar refractivity (Wildman–Crippen MR) is 49.6 cm³/mol. The second-order valence-corrected chi connectivity index (χ2v) is 2.58. The number of aromatic nitrogens is 3. The Morgan fingerprint density at radius 3 is 2.92 bits per heavy atom. The van der Waals surface area contributed by atoms with Crippen LogP contribution in [0.15, 0.2) is 18.7 Å². The van der Waals surface area contributed by atoms with Gasteiger partial charge in [0.15, 0.2) is 5.82 Å². The van der Waals surface area contributed by atoms with Crippen molar-refractivity contribution in [2.24, 2.45) is 0 Å². The quantitative estimate of drug-likeness (QED) is 0.693. The second-order valence-electron chi connectivity index (χ2n) is 2.58. The Balaban J connectivity index is 2.72. The van der Waals surface area contributed by atoms with Crippen molar-refractivity contribution >= 4 is 5.57 Å². The maximum Gasteiger partial charge on any atom is 0.180 e. The number of allylic oxidation sites excluding steroid dienone is 3. The fourth-order valence-corrected chi connectivity index (χ4v) is 0.821.